The van der Waals surface area contributed by atoms with Crippen LogP contribution in [-0.4, -0.2) is 9.55 Å². The molecule has 30 heavy (non-hydrogen) atoms. The Morgan fingerprint density at radius 1 is 0.767 bits per heavy atom. The third-order valence-electron chi connectivity index (χ3n) is 5.34. The first-order chi connectivity index (χ1) is 16.3. The Labute approximate surface area is 183 Å². The number of benzene rings is 4. The molecule has 2 heteroatoms. The van der Waals surface area contributed by atoms with Crippen LogP contribution >= 0.6 is 0 Å². The maximum Gasteiger partial charge on any atom is 0.145 e. The topological polar surface area (TPSA) is 17.8 Å². The van der Waals surface area contributed by atoms with Gasteiger partial charge in [0, 0.05) is 11.0 Å². The van der Waals surface area contributed by atoms with Crippen LogP contribution < -0.4 is 0 Å². The molecule has 0 fully saturated rings. The standard InChI is InChI=1S/C28H24N2/c1-20(2)24-15-9-10-16-26(24)30-27-18-17-23(21-11-5-3-6-12-21)19-25(27)29-28(30)22-13-7-4-8-14-22/h3-20H,1-2H3/i1D3,20D. The molecule has 2 nitrogen and oxygen atoms in total. The van der Waals surface area contributed by atoms with Gasteiger partial charge < -0.3 is 0 Å². The van der Waals surface area contributed by atoms with Crippen molar-refractivity contribution >= 4 is 11.0 Å². The third kappa shape index (κ3) is 3.21. The number of fused-ring (bicyclic) bond motifs is 1. The monoisotopic (exact) mass is 392 g/mol. The molecule has 0 bridgehead atoms. The molecule has 0 aliphatic carbocycles. The molecule has 0 saturated carbocycles. The normalized spacial score (nSPS) is 15.6. The largest absolute Gasteiger partial charge is 0.292 e. The summed E-state index contributed by atoms with van der Waals surface area (Å²) in [5.74, 6) is -1.09. The van der Waals surface area contributed by atoms with E-state index >= 15 is 0 Å². The number of aromatic nitrogens is 2. The summed E-state index contributed by atoms with van der Waals surface area (Å²) >= 11 is 0. The summed E-state index contributed by atoms with van der Waals surface area (Å²) in [4.78, 5) is 4.99. The van der Waals surface area contributed by atoms with Crippen LogP contribution in [0.1, 0.15) is 30.7 Å². The number of hydrogen-bond donors (Lipinski definition) is 0. The summed E-state index contributed by atoms with van der Waals surface area (Å²) < 4.78 is 34.8. The molecule has 0 aliphatic heterocycles. The SMILES string of the molecule is [2H]C([2H])([2H])C([2H])(C)c1ccccc1-n1c(-c2ccccc2)nc2cc(-c3ccccc3)ccc21. The van der Waals surface area contributed by atoms with E-state index in [2.05, 4.69) is 24.3 Å². The van der Waals surface area contributed by atoms with Gasteiger partial charge in [0.05, 0.1) is 16.7 Å². The van der Waals surface area contributed by atoms with Gasteiger partial charge in [0.15, 0.2) is 0 Å². The third-order valence-corrected chi connectivity index (χ3v) is 5.34. The van der Waals surface area contributed by atoms with E-state index in [1.54, 1.807) is 12.1 Å². The maximum absolute atomic E-state index is 8.80. The minimum Gasteiger partial charge on any atom is -0.292 e. The molecule has 0 amide bonds. The van der Waals surface area contributed by atoms with Gasteiger partial charge in [-0.15, -0.1) is 0 Å². The summed E-state index contributed by atoms with van der Waals surface area (Å²) in [5, 5.41) is 0. The van der Waals surface area contributed by atoms with Gasteiger partial charge in [-0.1, -0.05) is 98.7 Å². The van der Waals surface area contributed by atoms with Crippen LogP contribution in [0.5, 0.6) is 0 Å². The molecule has 4 aromatic carbocycles. The van der Waals surface area contributed by atoms with E-state index in [4.69, 9.17) is 10.5 Å². The lowest BCUT2D eigenvalue weighted by molar-refractivity contribution is 0.851. The van der Waals surface area contributed by atoms with Gasteiger partial charge in [0.25, 0.3) is 0 Å². The molecule has 0 spiro atoms. The van der Waals surface area contributed by atoms with Crippen LogP contribution in [0, 0.1) is 0 Å². The molecule has 5 rings (SSSR count). The van der Waals surface area contributed by atoms with Crippen LogP contribution in [0.2, 0.25) is 0 Å². The molecule has 5 aromatic rings. The zero-order chi connectivity index (χ0) is 23.9. The second-order valence-electron chi connectivity index (χ2n) is 7.35. The van der Waals surface area contributed by atoms with E-state index in [-0.39, 0.29) is 0 Å². The highest BCUT2D eigenvalue weighted by Gasteiger charge is 2.18. The van der Waals surface area contributed by atoms with E-state index in [1.165, 1.54) is 6.92 Å². The van der Waals surface area contributed by atoms with Gasteiger partial charge >= 0.3 is 0 Å². The highest BCUT2D eigenvalue weighted by molar-refractivity contribution is 5.87. The molecule has 1 heterocycles. The van der Waals surface area contributed by atoms with Crippen molar-refractivity contribution in [2.45, 2.75) is 19.7 Å². The fourth-order valence-electron chi connectivity index (χ4n) is 3.90. The first-order valence-electron chi connectivity index (χ1n) is 12.0. The molecule has 0 saturated heterocycles. The van der Waals surface area contributed by atoms with E-state index in [0.717, 1.165) is 27.7 Å². The molecule has 0 radical (unpaired) electrons. The van der Waals surface area contributed by atoms with Crippen LogP contribution in [-0.2, 0) is 0 Å². The molecule has 146 valence electrons. The zero-order valence-corrected chi connectivity index (χ0v) is 16.7. The van der Waals surface area contributed by atoms with Crippen LogP contribution in [0.3, 0.4) is 0 Å². The van der Waals surface area contributed by atoms with Crippen molar-refractivity contribution in [2.24, 2.45) is 0 Å². The fraction of sp³-hybridized carbons (Fsp3) is 0.107. The van der Waals surface area contributed by atoms with Crippen molar-refractivity contribution in [3.05, 3.63) is 109 Å². The highest BCUT2D eigenvalue weighted by Crippen LogP contribution is 2.34. The average molecular weight is 393 g/mol. The number of imidazole rings is 1. The van der Waals surface area contributed by atoms with Gasteiger partial charge in [0.2, 0.25) is 0 Å². The predicted octanol–water partition coefficient (Wildman–Crippen LogP) is 7.48. The molecular weight excluding hydrogens is 364 g/mol. The van der Waals surface area contributed by atoms with Crippen molar-refractivity contribution in [1.29, 1.82) is 0 Å². The van der Waals surface area contributed by atoms with Gasteiger partial charge in [-0.2, -0.15) is 0 Å². The fourth-order valence-corrected chi connectivity index (χ4v) is 3.90. The van der Waals surface area contributed by atoms with Crippen LogP contribution in [0.4, 0.5) is 0 Å². The summed E-state index contributed by atoms with van der Waals surface area (Å²) in [6.45, 7) is -1.04. The van der Waals surface area contributed by atoms with E-state index in [1.807, 2.05) is 71.3 Å². The molecule has 1 aromatic heterocycles. The van der Waals surface area contributed by atoms with Crippen molar-refractivity contribution in [3.63, 3.8) is 0 Å². The van der Waals surface area contributed by atoms with E-state index in [9.17, 15) is 0 Å². The minimum absolute atomic E-state index is 0.429. The minimum atomic E-state index is -2.49. The zero-order valence-electron chi connectivity index (χ0n) is 20.7. The van der Waals surface area contributed by atoms with Gasteiger partial charge in [-0.05, 0) is 40.8 Å². The second kappa shape index (κ2) is 7.64. The number of hydrogen-bond acceptors (Lipinski definition) is 1. The van der Waals surface area contributed by atoms with Crippen molar-refractivity contribution in [3.8, 4) is 28.2 Å². The number of nitrogens with zero attached hydrogens (tertiary/aromatic N) is 2. The molecule has 0 aliphatic rings. The van der Waals surface area contributed by atoms with Gasteiger partial charge in [-0.3, -0.25) is 4.57 Å². The quantitative estimate of drug-likeness (QED) is 0.310. The molecule has 1 atom stereocenters. The molecule has 0 N–H and O–H groups in total. The van der Waals surface area contributed by atoms with E-state index < -0.39 is 12.7 Å². The lowest BCUT2D eigenvalue weighted by Crippen LogP contribution is -2.03. The summed E-state index contributed by atoms with van der Waals surface area (Å²) in [5.41, 5.74) is 5.79. The smallest absolute Gasteiger partial charge is 0.145 e. The Balaban J connectivity index is 1.81. The molecule has 1 unspecified atom stereocenters. The predicted molar refractivity (Wildman–Crippen MR) is 126 cm³/mol. The molecular formula is C28H24N2. The Bertz CT molecular complexity index is 1450. The Kier molecular flexibility index (Phi) is 3.66. The Morgan fingerprint density at radius 2 is 1.43 bits per heavy atom. The van der Waals surface area contributed by atoms with Crippen molar-refractivity contribution in [1.82, 2.24) is 9.55 Å². The maximum atomic E-state index is 8.80. The van der Waals surface area contributed by atoms with Crippen LogP contribution in [0.25, 0.3) is 39.2 Å². The second-order valence-corrected chi connectivity index (χ2v) is 7.35. The van der Waals surface area contributed by atoms with Gasteiger partial charge in [0.1, 0.15) is 5.82 Å². The van der Waals surface area contributed by atoms with Crippen molar-refractivity contribution < 1.29 is 5.48 Å². The van der Waals surface area contributed by atoms with Crippen molar-refractivity contribution in [2.75, 3.05) is 0 Å². The average Bonchev–Trinajstić information content (AvgIpc) is 3.23. The summed E-state index contributed by atoms with van der Waals surface area (Å²) in [7, 11) is 0. The first kappa shape index (κ1) is 14.4. The van der Waals surface area contributed by atoms with Gasteiger partial charge in [-0.25, -0.2) is 4.98 Å². The number of para-hydroxylation sites is 1. The van der Waals surface area contributed by atoms with E-state index in [0.29, 0.717) is 17.1 Å². The summed E-state index contributed by atoms with van der Waals surface area (Å²) in [6.07, 6.45) is 0. The highest BCUT2D eigenvalue weighted by atomic mass is 15.1. The summed E-state index contributed by atoms with van der Waals surface area (Å²) in [6, 6.07) is 33.3. The first-order valence-corrected chi connectivity index (χ1v) is 10.0. The lowest BCUT2D eigenvalue weighted by atomic mass is 10.0. The van der Waals surface area contributed by atoms with Crippen LogP contribution in [0.15, 0.2) is 103 Å². The number of rotatable bonds is 4. The lowest BCUT2D eigenvalue weighted by Gasteiger charge is -2.16. The Hall–Kier alpha value is -3.65. The Morgan fingerprint density at radius 3 is 2.17 bits per heavy atom.